The van der Waals surface area contributed by atoms with E-state index < -0.39 is 0 Å². The summed E-state index contributed by atoms with van der Waals surface area (Å²) in [6.45, 7) is 7.02. The topological polar surface area (TPSA) is 62.3 Å². The maximum Gasteiger partial charge on any atom is 0.276 e. The van der Waals surface area contributed by atoms with Gasteiger partial charge in [-0.25, -0.2) is 0 Å². The van der Waals surface area contributed by atoms with E-state index >= 15 is 0 Å². The normalized spacial score (nSPS) is 10.3. The Morgan fingerprint density at radius 2 is 1.96 bits per heavy atom. The molecule has 126 valence electrons. The number of nitrogens with zero attached hydrogens (tertiary/aromatic N) is 2. The minimum Gasteiger partial charge on any atom is -0.352 e. The number of hydrogen-bond donors (Lipinski definition) is 1. The van der Waals surface area contributed by atoms with Crippen molar-refractivity contribution in [3.8, 4) is 0 Å². The molecule has 0 saturated carbocycles. The van der Waals surface area contributed by atoms with Gasteiger partial charge in [-0.15, -0.1) is 0 Å². The van der Waals surface area contributed by atoms with Crippen LogP contribution < -0.4 is 10.2 Å². The highest BCUT2D eigenvalue weighted by atomic mass is 16.2. The van der Waals surface area contributed by atoms with Gasteiger partial charge < -0.3 is 10.2 Å². The molecule has 0 radical (unpaired) electrons. The van der Waals surface area contributed by atoms with Crippen molar-refractivity contribution >= 4 is 17.5 Å². The molecule has 1 N–H and O–H groups in total. The third kappa shape index (κ3) is 4.19. The van der Waals surface area contributed by atoms with Crippen LogP contribution in [0.15, 0.2) is 42.6 Å². The molecule has 5 heteroatoms. The van der Waals surface area contributed by atoms with Crippen molar-refractivity contribution in [2.75, 3.05) is 18.0 Å². The lowest BCUT2D eigenvalue weighted by atomic mass is 10.1. The van der Waals surface area contributed by atoms with E-state index in [0.29, 0.717) is 18.7 Å². The second kappa shape index (κ2) is 8.24. The molecule has 0 bridgehead atoms. The number of amides is 2. The van der Waals surface area contributed by atoms with Gasteiger partial charge in [-0.3, -0.25) is 14.6 Å². The largest absolute Gasteiger partial charge is 0.352 e. The van der Waals surface area contributed by atoms with Gasteiger partial charge in [0.15, 0.2) is 0 Å². The fourth-order valence-electron chi connectivity index (χ4n) is 2.41. The second-order valence-corrected chi connectivity index (χ2v) is 5.57. The van der Waals surface area contributed by atoms with Gasteiger partial charge in [0.25, 0.3) is 11.8 Å². The molecule has 2 amide bonds. The molecule has 0 saturated heterocycles. The van der Waals surface area contributed by atoms with Gasteiger partial charge in [0.2, 0.25) is 0 Å². The molecule has 0 aliphatic heterocycles. The van der Waals surface area contributed by atoms with Crippen molar-refractivity contribution in [1.29, 1.82) is 0 Å². The number of aromatic nitrogens is 1. The molecule has 2 aromatic rings. The summed E-state index contributed by atoms with van der Waals surface area (Å²) < 4.78 is 0. The number of nitrogens with one attached hydrogen (secondary N) is 1. The van der Waals surface area contributed by atoms with Gasteiger partial charge in [0.1, 0.15) is 5.69 Å². The highest BCUT2D eigenvalue weighted by molar-refractivity contribution is 6.06. The number of pyridine rings is 1. The van der Waals surface area contributed by atoms with Crippen molar-refractivity contribution in [2.45, 2.75) is 27.2 Å². The summed E-state index contributed by atoms with van der Waals surface area (Å²) in [6, 6.07) is 10.9. The number of aryl methyl sites for hydroxylation is 1. The maximum atomic E-state index is 12.8. The Morgan fingerprint density at radius 1 is 1.17 bits per heavy atom. The van der Waals surface area contributed by atoms with Crippen LogP contribution in [0, 0.1) is 6.92 Å². The average Bonchev–Trinajstić information content (AvgIpc) is 2.60. The van der Waals surface area contributed by atoms with E-state index in [1.165, 1.54) is 6.20 Å². The van der Waals surface area contributed by atoms with Crippen molar-refractivity contribution in [1.82, 2.24) is 10.3 Å². The van der Waals surface area contributed by atoms with E-state index in [0.717, 1.165) is 17.7 Å². The Bertz CT molecular complexity index is 728. The van der Waals surface area contributed by atoms with Gasteiger partial charge in [0.05, 0.1) is 0 Å². The molecule has 0 atom stereocenters. The van der Waals surface area contributed by atoms with E-state index in [1.807, 2.05) is 45.0 Å². The minimum atomic E-state index is -0.215. The summed E-state index contributed by atoms with van der Waals surface area (Å²) in [4.78, 5) is 30.7. The molecule has 0 spiro atoms. The first-order chi connectivity index (χ1) is 11.6. The van der Waals surface area contributed by atoms with Gasteiger partial charge in [-0.1, -0.05) is 19.1 Å². The first-order valence-electron chi connectivity index (χ1n) is 8.19. The molecule has 1 heterocycles. The van der Waals surface area contributed by atoms with Crippen LogP contribution in [-0.2, 0) is 0 Å². The monoisotopic (exact) mass is 325 g/mol. The first-order valence-corrected chi connectivity index (χ1v) is 8.19. The predicted molar refractivity (Wildman–Crippen MR) is 95.4 cm³/mol. The molecule has 2 rings (SSSR count). The zero-order valence-corrected chi connectivity index (χ0v) is 14.4. The van der Waals surface area contributed by atoms with Crippen LogP contribution in [0.25, 0.3) is 0 Å². The lowest BCUT2D eigenvalue weighted by Crippen LogP contribution is -2.32. The molecule has 0 aliphatic rings. The Labute approximate surface area is 142 Å². The summed E-state index contributed by atoms with van der Waals surface area (Å²) in [6.07, 6.45) is 2.36. The Kier molecular flexibility index (Phi) is 6.07. The van der Waals surface area contributed by atoms with E-state index in [-0.39, 0.29) is 17.5 Å². The number of rotatable bonds is 6. The van der Waals surface area contributed by atoms with Gasteiger partial charge in [-0.2, -0.15) is 0 Å². The zero-order valence-electron chi connectivity index (χ0n) is 14.4. The zero-order chi connectivity index (χ0) is 17.5. The Balaban J connectivity index is 2.26. The van der Waals surface area contributed by atoms with Gasteiger partial charge >= 0.3 is 0 Å². The first kappa shape index (κ1) is 17.7. The summed E-state index contributed by atoms with van der Waals surface area (Å²) in [5.74, 6) is -0.403. The SMILES string of the molecule is CCCNC(=O)c1ccnc(C(=O)N(CC)c2cccc(C)c2)c1. The quantitative estimate of drug-likeness (QED) is 0.887. The van der Waals surface area contributed by atoms with Crippen LogP contribution in [0.1, 0.15) is 46.7 Å². The second-order valence-electron chi connectivity index (χ2n) is 5.57. The van der Waals surface area contributed by atoms with Crippen LogP contribution in [0.3, 0.4) is 0 Å². The average molecular weight is 325 g/mol. The smallest absolute Gasteiger partial charge is 0.276 e. The molecule has 5 nitrogen and oxygen atoms in total. The molecule has 0 aliphatic carbocycles. The van der Waals surface area contributed by atoms with Crippen LogP contribution in [-0.4, -0.2) is 29.9 Å². The van der Waals surface area contributed by atoms with Crippen LogP contribution in [0.5, 0.6) is 0 Å². The highest BCUT2D eigenvalue weighted by Crippen LogP contribution is 2.18. The highest BCUT2D eigenvalue weighted by Gasteiger charge is 2.19. The molecular formula is C19H23N3O2. The summed E-state index contributed by atoms with van der Waals surface area (Å²) in [5, 5.41) is 2.81. The van der Waals surface area contributed by atoms with Crippen LogP contribution in [0.2, 0.25) is 0 Å². The van der Waals surface area contributed by atoms with Gasteiger partial charge in [-0.05, 0) is 50.1 Å². The third-order valence-electron chi connectivity index (χ3n) is 3.65. The van der Waals surface area contributed by atoms with Crippen molar-refractivity contribution in [2.24, 2.45) is 0 Å². The third-order valence-corrected chi connectivity index (χ3v) is 3.65. The van der Waals surface area contributed by atoms with E-state index in [2.05, 4.69) is 10.3 Å². The lowest BCUT2D eigenvalue weighted by molar-refractivity contribution is 0.0953. The molecule has 0 fully saturated rings. The Morgan fingerprint density at radius 3 is 2.62 bits per heavy atom. The molecule has 1 aromatic heterocycles. The van der Waals surface area contributed by atoms with Crippen molar-refractivity contribution in [3.63, 3.8) is 0 Å². The number of anilines is 1. The maximum absolute atomic E-state index is 12.8. The number of hydrogen-bond acceptors (Lipinski definition) is 3. The lowest BCUT2D eigenvalue weighted by Gasteiger charge is -2.21. The fourth-order valence-corrected chi connectivity index (χ4v) is 2.41. The number of carbonyl (C=O) groups excluding carboxylic acids is 2. The standard InChI is InChI=1S/C19H23N3O2/c1-4-10-21-18(23)15-9-11-20-17(13-15)19(24)22(5-2)16-8-6-7-14(3)12-16/h6-9,11-13H,4-5,10H2,1-3H3,(H,21,23). The summed E-state index contributed by atoms with van der Waals surface area (Å²) >= 11 is 0. The Hall–Kier alpha value is -2.69. The van der Waals surface area contributed by atoms with E-state index in [1.54, 1.807) is 17.0 Å². The van der Waals surface area contributed by atoms with Crippen LogP contribution in [0.4, 0.5) is 5.69 Å². The fraction of sp³-hybridized carbons (Fsp3) is 0.316. The molecule has 0 unspecified atom stereocenters. The summed E-state index contributed by atoms with van der Waals surface area (Å²) in [7, 11) is 0. The summed E-state index contributed by atoms with van der Waals surface area (Å²) in [5.41, 5.74) is 2.62. The van der Waals surface area contributed by atoms with E-state index in [4.69, 9.17) is 0 Å². The van der Waals surface area contributed by atoms with Crippen molar-refractivity contribution in [3.05, 3.63) is 59.4 Å². The predicted octanol–water partition coefficient (Wildman–Crippen LogP) is 3.20. The van der Waals surface area contributed by atoms with Gasteiger partial charge in [0, 0.05) is 30.5 Å². The van der Waals surface area contributed by atoms with Crippen molar-refractivity contribution < 1.29 is 9.59 Å². The van der Waals surface area contributed by atoms with E-state index in [9.17, 15) is 9.59 Å². The molecular weight excluding hydrogens is 302 g/mol. The minimum absolute atomic E-state index is 0.188. The number of benzene rings is 1. The van der Waals surface area contributed by atoms with Crippen LogP contribution >= 0.6 is 0 Å². The molecule has 1 aromatic carbocycles. The molecule has 24 heavy (non-hydrogen) atoms. The number of carbonyl (C=O) groups is 2.